The molecule has 6 nitrogen and oxygen atoms in total. The lowest BCUT2D eigenvalue weighted by Crippen LogP contribution is -1.96. The summed E-state index contributed by atoms with van der Waals surface area (Å²) >= 11 is 0. The number of hydrogen-bond acceptors (Lipinski definition) is 5. The predicted octanol–water partition coefficient (Wildman–Crippen LogP) is 1.97. The smallest absolute Gasteiger partial charge is 0.310 e. The van der Waals surface area contributed by atoms with Crippen molar-refractivity contribution in [2.24, 2.45) is 10.2 Å². The third-order valence-corrected chi connectivity index (χ3v) is 1.72. The zero-order valence-corrected chi connectivity index (χ0v) is 7.68. The lowest BCUT2D eigenvalue weighted by molar-refractivity contribution is 0.430. The molecular formula is C9H8N4O2. The van der Waals surface area contributed by atoms with Crippen LogP contribution in [0.5, 0.6) is 0 Å². The molecule has 0 spiro atoms. The van der Waals surface area contributed by atoms with Crippen LogP contribution in [-0.2, 0) is 0 Å². The molecule has 0 aliphatic carbocycles. The molecule has 0 aliphatic heterocycles. The highest BCUT2D eigenvalue weighted by Crippen LogP contribution is 2.19. The average Bonchev–Trinajstić information content (AvgIpc) is 2.58. The molecule has 6 heteroatoms. The van der Waals surface area contributed by atoms with Crippen molar-refractivity contribution in [3.05, 3.63) is 40.7 Å². The quantitative estimate of drug-likeness (QED) is 0.731. The standard InChI is InChI=1S/C9H8N4O2/c10-8-7(9(14)13-15-8)12-11-6-4-2-1-3-5-6/h1-5H,10H2,(H,13,14). The zero-order chi connectivity index (χ0) is 10.7. The monoisotopic (exact) mass is 204 g/mol. The molecule has 76 valence electrons. The van der Waals surface area contributed by atoms with Crippen molar-refractivity contribution in [2.75, 3.05) is 5.73 Å². The number of nitrogens with zero attached hydrogens (tertiary/aromatic N) is 2. The predicted molar refractivity (Wildman–Crippen MR) is 54.4 cm³/mol. The van der Waals surface area contributed by atoms with Crippen molar-refractivity contribution in [1.82, 2.24) is 5.16 Å². The normalized spacial score (nSPS) is 10.9. The minimum atomic E-state index is -0.493. The Labute approximate surface area is 84.4 Å². The first-order valence-electron chi connectivity index (χ1n) is 4.21. The van der Waals surface area contributed by atoms with Gasteiger partial charge in [-0.15, -0.1) is 5.11 Å². The number of rotatable bonds is 2. The van der Waals surface area contributed by atoms with Crippen LogP contribution in [-0.4, -0.2) is 5.16 Å². The Morgan fingerprint density at radius 2 is 1.93 bits per heavy atom. The second kappa shape index (κ2) is 3.79. The Hall–Kier alpha value is -2.37. The van der Waals surface area contributed by atoms with Crippen LogP contribution in [0.15, 0.2) is 49.9 Å². The molecule has 0 bridgehead atoms. The van der Waals surface area contributed by atoms with E-state index in [1.165, 1.54) is 0 Å². The SMILES string of the molecule is Nc1o[nH]c(=O)c1N=Nc1ccccc1. The van der Waals surface area contributed by atoms with Crippen LogP contribution < -0.4 is 11.3 Å². The van der Waals surface area contributed by atoms with Crippen LogP contribution in [0.4, 0.5) is 17.3 Å². The maximum atomic E-state index is 11.1. The molecule has 0 saturated heterocycles. The van der Waals surface area contributed by atoms with E-state index in [-0.39, 0.29) is 11.6 Å². The van der Waals surface area contributed by atoms with Crippen LogP contribution in [0, 0.1) is 0 Å². The van der Waals surface area contributed by atoms with E-state index in [9.17, 15) is 4.79 Å². The van der Waals surface area contributed by atoms with E-state index >= 15 is 0 Å². The van der Waals surface area contributed by atoms with Crippen LogP contribution in [0.2, 0.25) is 0 Å². The summed E-state index contributed by atoms with van der Waals surface area (Å²) in [6.07, 6.45) is 0. The minimum Gasteiger partial charge on any atom is -0.366 e. The number of aromatic amines is 1. The van der Waals surface area contributed by atoms with Crippen molar-refractivity contribution >= 4 is 17.3 Å². The molecule has 0 saturated carbocycles. The first kappa shape index (κ1) is 9.20. The van der Waals surface area contributed by atoms with Crippen molar-refractivity contribution in [2.45, 2.75) is 0 Å². The van der Waals surface area contributed by atoms with Crippen molar-refractivity contribution in [3.8, 4) is 0 Å². The van der Waals surface area contributed by atoms with Crippen LogP contribution in [0.1, 0.15) is 0 Å². The molecule has 0 radical (unpaired) electrons. The fraction of sp³-hybridized carbons (Fsp3) is 0. The maximum Gasteiger partial charge on any atom is 0.310 e. The van der Waals surface area contributed by atoms with Gasteiger partial charge in [0.05, 0.1) is 5.69 Å². The van der Waals surface area contributed by atoms with E-state index in [0.29, 0.717) is 5.69 Å². The summed E-state index contributed by atoms with van der Waals surface area (Å²) < 4.78 is 4.57. The lowest BCUT2D eigenvalue weighted by atomic mass is 10.3. The van der Waals surface area contributed by atoms with Gasteiger partial charge < -0.3 is 10.3 Å². The lowest BCUT2D eigenvalue weighted by Gasteiger charge is -1.88. The summed E-state index contributed by atoms with van der Waals surface area (Å²) in [7, 11) is 0. The van der Waals surface area contributed by atoms with E-state index in [1.807, 2.05) is 18.2 Å². The Morgan fingerprint density at radius 1 is 1.20 bits per heavy atom. The van der Waals surface area contributed by atoms with Gasteiger partial charge >= 0.3 is 5.56 Å². The second-order valence-corrected chi connectivity index (χ2v) is 2.78. The third kappa shape index (κ3) is 1.93. The number of azo groups is 1. The summed E-state index contributed by atoms with van der Waals surface area (Å²) in [6.45, 7) is 0. The van der Waals surface area contributed by atoms with E-state index in [4.69, 9.17) is 5.73 Å². The van der Waals surface area contributed by atoms with E-state index in [2.05, 4.69) is 19.9 Å². The Kier molecular flexibility index (Phi) is 2.32. The number of anilines is 1. The zero-order valence-electron chi connectivity index (χ0n) is 7.68. The fourth-order valence-electron chi connectivity index (χ4n) is 1.01. The highest BCUT2D eigenvalue weighted by Gasteiger charge is 2.07. The minimum absolute atomic E-state index is 0.0150. The molecule has 0 unspecified atom stereocenters. The molecule has 0 aliphatic rings. The average molecular weight is 204 g/mol. The van der Waals surface area contributed by atoms with Crippen LogP contribution >= 0.6 is 0 Å². The number of nitrogens with two attached hydrogens (primary N) is 1. The van der Waals surface area contributed by atoms with E-state index < -0.39 is 5.56 Å². The first-order chi connectivity index (χ1) is 7.27. The second-order valence-electron chi connectivity index (χ2n) is 2.78. The Bertz CT molecular complexity index is 527. The molecule has 3 N–H and O–H groups in total. The maximum absolute atomic E-state index is 11.1. The number of hydrogen-bond donors (Lipinski definition) is 2. The molecule has 0 amide bonds. The van der Waals surface area contributed by atoms with Gasteiger partial charge in [-0.05, 0) is 12.1 Å². The molecular weight excluding hydrogens is 196 g/mol. The Morgan fingerprint density at radius 3 is 2.53 bits per heavy atom. The number of benzene rings is 1. The molecule has 1 aromatic carbocycles. The highest BCUT2D eigenvalue weighted by molar-refractivity contribution is 5.52. The van der Waals surface area contributed by atoms with Crippen LogP contribution in [0.25, 0.3) is 0 Å². The highest BCUT2D eigenvalue weighted by atomic mass is 16.5. The molecule has 2 aromatic rings. The van der Waals surface area contributed by atoms with Gasteiger partial charge in [0, 0.05) is 0 Å². The van der Waals surface area contributed by atoms with Crippen molar-refractivity contribution < 1.29 is 4.52 Å². The number of H-pyrrole nitrogens is 1. The van der Waals surface area contributed by atoms with Gasteiger partial charge in [-0.2, -0.15) is 10.3 Å². The third-order valence-electron chi connectivity index (χ3n) is 1.72. The first-order valence-corrected chi connectivity index (χ1v) is 4.21. The number of nitrogens with one attached hydrogen (secondary N) is 1. The molecule has 0 fully saturated rings. The molecule has 0 atom stereocenters. The van der Waals surface area contributed by atoms with Gasteiger partial charge in [-0.25, -0.2) is 0 Å². The topological polar surface area (TPSA) is 96.7 Å². The molecule has 2 rings (SSSR count). The van der Waals surface area contributed by atoms with Gasteiger partial charge in [0.25, 0.3) is 5.88 Å². The van der Waals surface area contributed by atoms with E-state index in [1.54, 1.807) is 12.1 Å². The van der Waals surface area contributed by atoms with Crippen LogP contribution in [0.3, 0.4) is 0 Å². The summed E-state index contributed by atoms with van der Waals surface area (Å²) in [5.41, 5.74) is 5.48. The van der Waals surface area contributed by atoms with E-state index in [0.717, 1.165) is 0 Å². The summed E-state index contributed by atoms with van der Waals surface area (Å²) in [5.74, 6) is -0.0697. The molecule has 15 heavy (non-hydrogen) atoms. The van der Waals surface area contributed by atoms with Gasteiger partial charge in [0.15, 0.2) is 0 Å². The molecule has 1 heterocycles. The van der Waals surface area contributed by atoms with Gasteiger partial charge in [0.2, 0.25) is 5.69 Å². The van der Waals surface area contributed by atoms with Gasteiger partial charge in [0.1, 0.15) is 0 Å². The summed E-state index contributed by atoms with van der Waals surface area (Å²) in [4.78, 5) is 11.1. The van der Waals surface area contributed by atoms with Crippen molar-refractivity contribution in [1.29, 1.82) is 0 Å². The Balaban J connectivity index is 2.30. The number of aromatic nitrogens is 1. The van der Waals surface area contributed by atoms with Gasteiger partial charge in [-0.3, -0.25) is 4.79 Å². The van der Waals surface area contributed by atoms with Crippen molar-refractivity contribution in [3.63, 3.8) is 0 Å². The largest absolute Gasteiger partial charge is 0.366 e. The summed E-state index contributed by atoms with van der Waals surface area (Å²) in [6, 6.07) is 9.01. The summed E-state index contributed by atoms with van der Waals surface area (Å²) in [5, 5.41) is 9.60. The fourth-order valence-corrected chi connectivity index (χ4v) is 1.01. The molecule has 1 aromatic heterocycles. The number of nitrogen functional groups attached to an aromatic ring is 1. The van der Waals surface area contributed by atoms with Gasteiger partial charge in [-0.1, -0.05) is 18.2 Å².